The highest BCUT2D eigenvalue weighted by Gasteiger charge is 2.42. The Morgan fingerprint density at radius 2 is 2.22 bits per heavy atom. The standard InChI is InChI=1S/C15H18O3/c1-3-9-15(18-11-17-2)10-8-12-6-4-5-7-13(12)14(15)16/h3-7H,1,8-11H2,2H3/t15-/m1/s1. The number of hydrogen-bond donors (Lipinski definition) is 0. The molecule has 0 spiro atoms. The number of fused-ring (bicyclic) bond motifs is 1. The molecule has 0 radical (unpaired) electrons. The number of carbonyl (C=O) groups excluding carboxylic acids is 1. The van der Waals surface area contributed by atoms with Crippen molar-refractivity contribution in [2.24, 2.45) is 0 Å². The smallest absolute Gasteiger partial charge is 0.195 e. The topological polar surface area (TPSA) is 35.5 Å². The van der Waals surface area contributed by atoms with Crippen LogP contribution in [0.1, 0.15) is 28.8 Å². The maximum atomic E-state index is 12.6. The average molecular weight is 246 g/mol. The van der Waals surface area contributed by atoms with Gasteiger partial charge < -0.3 is 9.47 Å². The van der Waals surface area contributed by atoms with Crippen LogP contribution in [0.15, 0.2) is 36.9 Å². The van der Waals surface area contributed by atoms with Crippen LogP contribution in [0.4, 0.5) is 0 Å². The molecule has 1 aliphatic carbocycles. The SMILES string of the molecule is C=CC[C@@]1(OCOC)CCc2ccccc2C1=O. The zero-order chi connectivity index (χ0) is 13.0. The summed E-state index contributed by atoms with van der Waals surface area (Å²) in [4.78, 5) is 12.6. The minimum absolute atomic E-state index is 0.0429. The van der Waals surface area contributed by atoms with Crippen molar-refractivity contribution in [1.29, 1.82) is 0 Å². The first kappa shape index (κ1) is 13.0. The van der Waals surface area contributed by atoms with Crippen molar-refractivity contribution in [3.05, 3.63) is 48.0 Å². The van der Waals surface area contributed by atoms with Crippen LogP contribution >= 0.6 is 0 Å². The van der Waals surface area contributed by atoms with Gasteiger partial charge in [-0.3, -0.25) is 4.79 Å². The van der Waals surface area contributed by atoms with E-state index in [0.29, 0.717) is 12.8 Å². The highest BCUT2D eigenvalue weighted by Crippen LogP contribution is 2.34. The summed E-state index contributed by atoms with van der Waals surface area (Å²) in [6.45, 7) is 3.85. The molecule has 0 bridgehead atoms. The minimum atomic E-state index is -0.799. The number of ether oxygens (including phenoxy) is 2. The number of aryl methyl sites for hydroxylation is 1. The van der Waals surface area contributed by atoms with Crippen molar-refractivity contribution in [2.75, 3.05) is 13.9 Å². The Balaban J connectivity index is 2.33. The monoisotopic (exact) mass is 246 g/mol. The summed E-state index contributed by atoms with van der Waals surface area (Å²) in [5.41, 5.74) is 1.07. The molecule has 0 amide bonds. The molecular formula is C15H18O3. The summed E-state index contributed by atoms with van der Waals surface area (Å²) in [6, 6.07) is 7.71. The Labute approximate surface area is 107 Å². The van der Waals surface area contributed by atoms with Crippen molar-refractivity contribution in [3.63, 3.8) is 0 Å². The maximum Gasteiger partial charge on any atom is 0.195 e. The van der Waals surface area contributed by atoms with Crippen molar-refractivity contribution in [3.8, 4) is 0 Å². The molecule has 0 unspecified atom stereocenters. The van der Waals surface area contributed by atoms with Crippen LogP contribution in [-0.2, 0) is 15.9 Å². The Hall–Kier alpha value is -1.45. The largest absolute Gasteiger partial charge is 0.359 e. The molecule has 0 N–H and O–H groups in total. The molecule has 0 aromatic heterocycles. The van der Waals surface area contributed by atoms with E-state index in [-0.39, 0.29) is 12.6 Å². The number of carbonyl (C=O) groups is 1. The van der Waals surface area contributed by atoms with Crippen LogP contribution in [0.5, 0.6) is 0 Å². The first-order chi connectivity index (χ1) is 8.73. The second-order valence-electron chi connectivity index (χ2n) is 4.52. The van der Waals surface area contributed by atoms with Crippen LogP contribution in [0, 0.1) is 0 Å². The van der Waals surface area contributed by atoms with E-state index < -0.39 is 5.60 Å². The van der Waals surface area contributed by atoms with E-state index in [1.54, 1.807) is 13.2 Å². The van der Waals surface area contributed by atoms with Gasteiger partial charge in [0.1, 0.15) is 12.4 Å². The van der Waals surface area contributed by atoms with Crippen molar-refractivity contribution >= 4 is 5.78 Å². The number of Topliss-reactive ketones (excluding diaryl/α,β-unsaturated/α-hetero) is 1. The lowest BCUT2D eigenvalue weighted by atomic mass is 9.77. The first-order valence-corrected chi connectivity index (χ1v) is 6.10. The second-order valence-corrected chi connectivity index (χ2v) is 4.52. The predicted molar refractivity (Wildman–Crippen MR) is 69.6 cm³/mol. The zero-order valence-electron chi connectivity index (χ0n) is 10.6. The molecule has 0 saturated carbocycles. The zero-order valence-corrected chi connectivity index (χ0v) is 10.6. The molecule has 1 aromatic rings. The van der Waals surface area contributed by atoms with Crippen LogP contribution in [0.3, 0.4) is 0 Å². The number of methoxy groups -OCH3 is 1. The average Bonchev–Trinajstić information content (AvgIpc) is 2.41. The highest BCUT2D eigenvalue weighted by molar-refractivity contribution is 6.04. The van der Waals surface area contributed by atoms with E-state index in [2.05, 4.69) is 6.58 Å². The van der Waals surface area contributed by atoms with E-state index in [1.807, 2.05) is 24.3 Å². The van der Waals surface area contributed by atoms with E-state index >= 15 is 0 Å². The summed E-state index contributed by atoms with van der Waals surface area (Å²) in [6.07, 6.45) is 3.78. The van der Waals surface area contributed by atoms with E-state index in [9.17, 15) is 4.79 Å². The summed E-state index contributed by atoms with van der Waals surface area (Å²) in [5.74, 6) is 0.0429. The van der Waals surface area contributed by atoms with E-state index in [4.69, 9.17) is 9.47 Å². The molecule has 0 fully saturated rings. The molecule has 3 heteroatoms. The highest BCUT2D eigenvalue weighted by atomic mass is 16.7. The third-order valence-electron chi connectivity index (χ3n) is 3.40. The Morgan fingerprint density at radius 1 is 1.44 bits per heavy atom. The van der Waals surface area contributed by atoms with Gasteiger partial charge in [0.15, 0.2) is 5.78 Å². The van der Waals surface area contributed by atoms with Gasteiger partial charge >= 0.3 is 0 Å². The molecule has 1 atom stereocenters. The molecule has 1 aromatic carbocycles. The van der Waals surface area contributed by atoms with Gasteiger partial charge in [-0.1, -0.05) is 30.3 Å². The molecule has 2 rings (SSSR count). The molecule has 0 aliphatic heterocycles. The van der Waals surface area contributed by atoms with Gasteiger partial charge in [-0.2, -0.15) is 0 Å². The minimum Gasteiger partial charge on any atom is -0.359 e. The normalized spacial score (nSPS) is 22.6. The molecule has 18 heavy (non-hydrogen) atoms. The Kier molecular flexibility index (Phi) is 3.94. The molecule has 0 saturated heterocycles. The fraction of sp³-hybridized carbons (Fsp3) is 0.400. The van der Waals surface area contributed by atoms with Gasteiger partial charge in [-0.25, -0.2) is 0 Å². The fourth-order valence-corrected chi connectivity index (χ4v) is 2.45. The summed E-state index contributed by atoms with van der Waals surface area (Å²) >= 11 is 0. The van der Waals surface area contributed by atoms with Gasteiger partial charge in [0, 0.05) is 19.1 Å². The number of hydrogen-bond acceptors (Lipinski definition) is 3. The van der Waals surface area contributed by atoms with Crippen LogP contribution < -0.4 is 0 Å². The Bertz CT molecular complexity index is 453. The number of ketones is 1. The fourth-order valence-electron chi connectivity index (χ4n) is 2.45. The summed E-state index contributed by atoms with van der Waals surface area (Å²) in [5, 5.41) is 0. The lowest BCUT2D eigenvalue weighted by Gasteiger charge is -2.35. The first-order valence-electron chi connectivity index (χ1n) is 6.10. The van der Waals surface area contributed by atoms with Gasteiger partial charge in [0.25, 0.3) is 0 Å². The molecule has 0 heterocycles. The molecular weight excluding hydrogens is 228 g/mol. The third kappa shape index (κ3) is 2.24. The Morgan fingerprint density at radius 3 is 2.94 bits per heavy atom. The lowest BCUT2D eigenvalue weighted by molar-refractivity contribution is -0.113. The summed E-state index contributed by atoms with van der Waals surface area (Å²) in [7, 11) is 1.56. The summed E-state index contributed by atoms with van der Waals surface area (Å²) < 4.78 is 10.6. The van der Waals surface area contributed by atoms with Crippen LogP contribution in [-0.4, -0.2) is 25.3 Å². The molecule has 96 valence electrons. The maximum absolute atomic E-state index is 12.6. The van der Waals surface area contributed by atoms with E-state index in [1.165, 1.54) is 0 Å². The second kappa shape index (κ2) is 5.46. The number of benzene rings is 1. The van der Waals surface area contributed by atoms with Crippen LogP contribution in [0.25, 0.3) is 0 Å². The van der Waals surface area contributed by atoms with Gasteiger partial charge in [-0.15, -0.1) is 6.58 Å². The third-order valence-corrected chi connectivity index (χ3v) is 3.40. The quantitative estimate of drug-likeness (QED) is 0.592. The predicted octanol–water partition coefficient (Wildman–Crippen LogP) is 2.75. The van der Waals surface area contributed by atoms with Crippen LogP contribution in [0.2, 0.25) is 0 Å². The molecule has 3 nitrogen and oxygen atoms in total. The molecule has 1 aliphatic rings. The lowest BCUT2D eigenvalue weighted by Crippen LogP contribution is -2.45. The number of rotatable bonds is 5. The van der Waals surface area contributed by atoms with Crippen molar-refractivity contribution in [1.82, 2.24) is 0 Å². The van der Waals surface area contributed by atoms with Gasteiger partial charge in [0.2, 0.25) is 0 Å². The van der Waals surface area contributed by atoms with Gasteiger partial charge in [-0.05, 0) is 18.4 Å². The van der Waals surface area contributed by atoms with E-state index in [0.717, 1.165) is 17.5 Å². The van der Waals surface area contributed by atoms with Crippen molar-refractivity contribution < 1.29 is 14.3 Å². The van der Waals surface area contributed by atoms with Gasteiger partial charge in [0.05, 0.1) is 0 Å². The van der Waals surface area contributed by atoms with Crippen molar-refractivity contribution in [2.45, 2.75) is 24.9 Å².